The summed E-state index contributed by atoms with van der Waals surface area (Å²) in [5.41, 5.74) is 0. The molecule has 0 fully saturated rings. The molecule has 3 nitrogen and oxygen atoms in total. The number of nitrogens with zero attached hydrogens (tertiary/aromatic N) is 1. The Morgan fingerprint density at radius 1 is 1.29 bits per heavy atom. The average Bonchev–Trinajstić information content (AvgIpc) is 2.33. The van der Waals surface area contributed by atoms with Crippen molar-refractivity contribution in [2.45, 2.75) is 0 Å². The molecule has 0 saturated carbocycles. The molecule has 2 aromatic rings. The maximum absolute atomic E-state index is 13.5. The average molecular weight is 253 g/mol. The van der Waals surface area contributed by atoms with Gasteiger partial charge in [-0.3, -0.25) is 0 Å². The summed E-state index contributed by atoms with van der Waals surface area (Å²) in [5, 5.41) is 3.20. The van der Waals surface area contributed by atoms with Gasteiger partial charge in [-0.05, 0) is 24.3 Å². The van der Waals surface area contributed by atoms with E-state index in [2.05, 4.69) is 10.3 Å². The maximum Gasteiger partial charge on any atom is 0.221 e. The quantitative estimate of drug-likeness (QED) is 0.904. The standard InChI is InChI=1S/C12H10ClFN2O/c1-15-11-3-2-4-12(16-11)17-10-6-5-8(13)7-9(10)14/h2-7H,1H3,(H,15,16). The van der Waals surface area contributed by atoms with Crippen LogP contribution < -0.4 is 10.1 Å². The summed E-state index contributed by atoms with van der Waals surface area (Å²) >= 11 is 5.65. The zero-order valence-corrected chi connectivity index (χ0v) is 9.83. The van der Waals surface area contributed by atoms with E-state index >= 15 is 0 Å². The Balaban J connectivity index is 2.25. The fourth-order valence-corrected chi connectivity index (χ4v) is 1.44. The highest BCUT2D eigenvalue weighted by Crippen LogP contribution is 2.25. The lowest BCUT2D eigenvalue weighted by Gasteiger charge is -2.07. The number of nitrogens with one attached hydrogen (secondary N) is 1. The summed E-state index contributed by atoms with van der Waals surface area (Å²) in [5.74, 6) is 0.541. The third-order valence-corrected chi connectivity index (χ3v) is 2.32. The predicted molar refractivity (Wildman–Crippen MR) is 65.3 cm³/mol. The number of hydrogen-bond donors (Lipinski definition) is 1. The molecule has 0 aliphatic rings. The van der Waals surface area contributed by atoms with Crippen molar-refractivity contribution < 1.29 is 9.13 Å². The zero-order chi connectivity index (χ0) is 12.3. The second-order valence-electron chi connectivity index (χ2n) is 3.29. The first-order valence-electron chi connectivity index (χ1n) is 4.97. The van der Waals surface area contributed by atoms with E-state index in [1.165, 1.54) is 12.1 Å². The van der Waals surface area contributed by atoms with Crippen LogP contribution in [0, 0.1) is 5.82 Å². The van der Waals surface area contributed by atoms with Crippen molar-refractivity contribution >= 4 is 17.4 Å². The van der Waals surface area contributed by atoms with Crippen LogP contribution in [-0.4, -0.2) is 12.0 Å². The number of rotatable bonds is 3. The molecule has 1 aromatic carbocycles. The van der Waals surface area contributed by atoms with E-state index in [4.69, 9.17) is 16.3 Å². The summed E-state index contributed by atoms with van der Waals surface area (Å²) < 4.78 is 18.8. The molecule has 88 valence electrons. The lowest BCUT2D eigenvalue weighted by Crippen LogP contribution is -1.95. The molecule has 1 aromatic heterocycles. The maximum atomic E-state index is 13.5. The molecule has 0 atom stereocenters. The van der Waals surface area contributed by atoms with Crippen LogP contribution in [0.5, 0.6) is 11.6 Å². The highest BCUT2D eigenvalue weighted by atomic mass is 35.5. The van der Waals surface area contributed by atoms with E-state index in [0.29, 0.717) is 16.7 Å². The molecule has 0 aliphatic heterocycles. The minimum absolute atomic E-state index is 0.0927. The van der Waals surface area contributed by atoms with E-state index in [1.54, 1.807) is 31.3 Å². The number of pyridine rings is 1. The third-order valence-electron chi connectivity index (χ3n) is 2.09. The first-order valence-corrected chi connectivity index (χ1v) is 5.34. The predicted octanol–water partition coefficient (Wildman–Crippen LogP) is 3.71. The smallest absolute Gasteiger partial charge is 0.221 e. The monoisotopic (exact) mass is 252 g/mol. The van der Waals surface area contributed by atoms with E-state index < -0.39 is 5.82 Å². The number of ether oxygens (including phenoxy) is 1. The molecule has 1 heterocycles. The number of aromatic nitrogens is 1. The Morgan fingerprint density at radius 3 is 2.82 bits per heavy atom. The second kappa shape index (κ2) is 5.01. The molecule has 17 heavy (non-hydrogen) atoms. The number of hydrogen-bond acceptors (Lipinski definition) is 3. The normalized spacial score (nSPS) is 10.1. The van der Waals surface area contributed by atoms with Gasteiger partial charge in [-0.15, -0.1) is 0 Å². The summed E-state index contributed by atoms with van der Waals surface area (Å²) in [4.78, 5) is 4.12. The lowest BCUT2D eigenvalue weighted by atomic mass is 10.3. The molecule has 0 spiro atoms. The van der Waals surface area contributed by atoms with Crippen molar-refractivity contribution in [3.05, 3.63) is 47.2 Å². The van der Waals surface area contributed by atoms with Gasteiger partial charge in [0.2, 0.25) is 5.88 Å². The fraction of sp³-hybridized carbons (Fsp3) is 0.0833. The molecule has 0 amide bonds. The molecule has 0 radical (unpaired) electrons. The number of halogens is 2. The highest BCUT2D eigenvalue weighted by Gasteiger charge is 2.06. The van der Waals surface area contributed by atoms with Crippen molar-refractivity contribution in [3.8, 4) is 11.6 Å². The molecular weight excluding hydrogens is 243 g/mol. The first kappa shape index (κ1) is 11.7. The van der Waals surface area contributed by atoms with Gasteiger partial charge >= 0.3 is 0 Å². The van der Waals surface area contributed by atoms with Crippen molar-refractivity contribution in [2.24, 2.45) is 0 Å². The molecule has 0 unspecified atom stereocenters. The van der Waals surface area contributed by atoms with E-state index in [9.17, 15) is 4.39 Å². The van der Waals surface area contributed by atoms with Crippen LogP contribution in [0.3, 0.4) is 0 Å². The van der Waals surface area contributed by atoms with Crippen LogP contribution in [0.15, 0.2) is 36.4 Å². The van der Waals surface area contributed by atoms with Gasteiger partial charge in [0.1, 0.15) is 5.82 Å². The molecule has 1 N–H and O–H groups in total. The van der Waals surface area contributed by atoms with Gasteiger partial charge in [-0.25, -0.2) is 4.39 Å². The molecule has 2 rings (SSSR count). The van der Waals surface area contributed by atoms with Crippen molar-refractivity contribution in [1.82, 2.24) is 4.98 Å². The fourth-order valence-electron chi connectivity index (χ4n) is 1.28. The van der Waals surface area contributed by atoms with Crippen LogP contribution in [0.1, 0.15) is 0 Å². The van der Waals surface area contributed by atoms with Crippen LogP contribution in [0.2, 0.25) is 5.02 Å². The summed E-state index contributed by atoms with van der Waals surface area (Å²) in [6.07, 6.45) is 0. The Bertz CT molecular complexity index is 534. The van der Waals surface area contributed by atoms with Gasteiger partial charge in [0.15, 0.2) is 11.6 Å². The Morgan fingerprint density at radius 2 is 2.12 bits per heavy atom. The second-order valence-corrected chi connectivity index (χ2v) is 3.72. The SMILES string of the molecule is CNc1cccc(Oc2ccc(Cl)cc2F)n1. The van der Waals surface area contributed by atoms with Gasteiger partial charge < -0.3 is 10.1 Å². The lowest BCUT2D eigenvalue weighted by molar-refractivity contribution is 0.428. The van der Waals surface area contributed by atoms with E-state index in [-0.39, 0.29) is 5.75 Å². The van der Waals surface area contributed by atoms with Gasteiger partial charge in [-0.2, -0.15) is 4.98 Å². The number of anilines is 1. The van der Waals surface area contributed by atoms with Crippen molar-refractivity contribution in [2.75, 3.05) is 12.4 Å². The summed E-state index contributed by atoms with van der Waals surface area (Å²) in [7, 11) is 1.75. The largest absolute Gasteiger partial charge is 0.436 e. The molecule has 0 bridgehead atoms. The number of benzene rings is 1. The third kappa shape index (κ3) is 2.85. The van der Waals surface area contributed by atoms with Crippen molar-refractivity contribution in [1.29, 1.82) is 0 Å². The van der Waals surface area contributed by atoms with Crippen LogP contribution in [0.4, 0.5) is 10.2 Å². The van der Waals surface area contributed by atoms with E-state index in [0.717, 1.165) is 0 Å². The van der Waals surface area contributed by atoms with Crippen LogP contribution >= 0.6 is 11.6 Å². The Hall–Kier alpha value is -1.81. The minimum atomic E-state index is -0.519. The van der Waals surface area contributed by atoms with Gasteiger partial charge in [0.05, 0.1) is 0 Å². The van der Waals surface area contributed by atoms with Crippen LogP contribution in [0.25, 0.3) is 0 Å². The molecule has 5 heteroatoms. The Labute approximate surface area is 103 Å². The topological polar surface area (TPSA) is 34.1 Å². The van der Waals surface area contributed by atoms with Gasteiger partial charge in [0.25, 0.3) is 0 Å². The van der Waals surface area contributed by atoms with Gasteiger partial charge in [0, 0.05) is 18.1 Å². The van der Waals surface area contributed by atoms with Gasteiger partial charge in [-0.1, -0.05) is 17.7 Å². The minimum Gasteiger partial charge on any atom is -0.436 e. The highest BCUT2D eigenvalue weighted by molar-refractivity contribution is 6.30. The summed E-state index contributed by atoms with van der Waals surface area (Å²) in [6, 6.07) is 9.41. The molecule has 0 aliphatic carbocycles. The Kier molecular flexibility index (Phi) is 3.44. The molecule has 0 saturated heterocycles. The van der Waals surface area contributed by atoms with E-state index in [1.807, 2.05) is 0 Å². The zero-order valence-electron chi connectivity index (χ0n) is 9.08. The van der Waals surface area contributed by atoms with Crippen molar-refractivity contribution in [3.63, 3.8) is 0 Å². The first-order chi connectivity index (χ1) is 8.19. The molecular formula is C12H10ClFN2O. The summed E-state index contributed by atoms with van der Waals surface area (Å²) in [6.45, 7) is 0. The van der Waals surface area contributed by atoms with Crippen LogP contribution in [-0.2, 0) is 0 Å².